The van der Waals surface area contributed by atoms with Crippen molar-refractivity contribution < 1.29 is 4.74 Å². The molecule has 0 unspecified atom stereocenters. The first-order chi connectivity index (χ1) is 8.56. The Morgan fingerprint density at radius 3 is 2.39 bits per heavy atom. The van der Waals surface area contributed by atoms with E-state index in [1.807, 2.05) is 6.07 Å². The van der Waals surface area contributed by atoms with Crippen LogP contribution in [0.2, 0.25) is 0 Å². The van der Waals surface area contributed by atoms with E-state index in [4.69, 9.17) is 4.74 Å². The molecule has 0 fully saturated rings. The molecular formula is C16H17BrO. The fraction of sp³-hybridized carbons (Fsp3) is 0.250. The van der Waals surface area contributed by atoms with Crippen LogP contribution < -0.4 is 4.74 Å². The molecule has 0 N–H and O–H groups in total. The van der Waals surface area contributed by atoms with Crippen LogP contribution in [0.3, 0.4) is 0 Å². The highest BCUT2D eigenvalue weighted by atomic mass is 79.9. The Morgan fingerprint density at radius 1 is 0.944 bits per heavy atom. The summed E-state index contributed by atoms with van der Waals surface area (Å²) >= 11 is 3.52. The minimum atomic E-state index is 0.600. The van der Waals surface area contributed by atoms with Crippen LogP contribution in [0.4, 0.5) is 0 Å². The number of benzene rings is 2. The molecule has 0 aromatic heterocycles. The van der Waals surface area contributed by atoms with Crippen LogP contribution in [0.5, 0.6) is 5.75 Å². The van der Waals surface area contributed by atoms with Gasteiger partial charge in [-0.3, -0.25) is 0 Å². The molecule has 1 nitrogen and oxygen atoms in total. The van der Waals surface area contributed by atoms with Crippen LogP contribution >= 0.6 is 15.9 Å². The molecule has 0 aliphatic carbocycles. The summed E-state index contributed by atoms with van der Waals surface area (Å²) in [5, 5.41) is 0. The second-order valence-electron chi connectivity index (χ2n) is 4.64. The van der Waals surface area contributed by atoms with Gasteiger partial charge >= 0.3 is 0 Å². The first kappa shape index (κ1) is 13.2. The first-order valence-corrected chi connectivity index (χ1v) is 6.80. The molecule has 0 aliphatic rings. The molecular weight excluding hydrogens is 288 g/mol. The molecule has 94 valence electrons. The van der Waals surface area contributed by atoms with Gasteiger partial charge in [0, 0.05) is 0 Å². The fourth-order valence-corrected chi connectivity index (χ4v) is 2.39. The largest absolute Gasteiger partial charge is 0.488 e. The molecule has 2 aromatic carbocycles. The quantitative estimate of drug-likeness (QED) is 0.779. The summed E-state index contributed by atoms with van der Waals surface area (Å²) < 4.78 is 6.83. The summed E-state index contributed by atoms with van der Waals surface area (Å²) in [5.74, 6) is 0.888. The lowest BCUT2D eigenvalue weighted by atomic mass is 10.1. The molecule has 0 spiro atoms. The fourth-order valence-electron chi connectivity index (χ4n) is 1.78. The molecule has 0 radical (unpaired) electrons. The molecule has 0 heterocycles. The van der Waals surface area contributed by atoms with E-state index in [-0.39, 0.29) is 0 Å². The Hall–Kier alpha value is -1.28. The normalized spacial score (nSPS) is 10.4. The number of hydrogen-bond acceptors (Lipinski definition) is 1. The van der Waals surface area contributed by atoms with Gasteiger partial charge in [0.15, 0.2) is 0 Å². The van der Waals surface area contributed by atoms with Crippen LogP contribution in [0.15, 0.2) is 40.9 Å². The van der Waals surface area contributed by atoms with Crippen LogP contribution in [0.1, 0.15) is 22.3 Å². The van der Waals surface area contributed by atoms with E-state index < -0.39 is 0 Å². The Labute approximate surface area is 117 Å². The third-order valence-electron chi connectivity index (χ3n) is 3.05. The summed E-state index contributed by atoms with van der Waals surface area (Å²) in [6.07, 6.45) is 0. The molecule has 0 saturated carbocycles. The number of rotatable bonds is 3. The van der Waals surface area contributed by atoms with Gasteiger partial charge in [0.25, 0.3) is 0 Å². The lowest BCUT2D eigenvalue weighted by molar-refractivity contribution is 0.304. The van der Waals surface area contributed by atoms with Gasteiger partial charge in [0.05, 0.1) is 4.47 Å². The maximum absolute atomic E-state index is 5.83. The van der Waals surface area contributed by atoms with Gasteiger partial charge in [-0.05, 0) is 71.1 Å². The van der Waals surface area contributed by atoms with Crippen LogP contribution in [-0.4, -0.2) is 0 Å². The van der Waals surface area contributed by atoms with Crippen molar-refractivity contribution in [3.63, 3.8) is 0 Å². The minimum Gasteiger partial charge on any atom is -0.488 e. The van der Waals surface area contributed by atoms with Crippen LogP contribution in [0.25, 0.3) is 0 Å². The molecule has 0 saturated heterocycles. The van der Waals surface area contributed by atoms with Crippen molar-refractivity contribution in [3.8, 4) is 5.75 Å². The van der Waals surface area contributed by atoms with Crippen molar-refractivity contribution in [2.75, 3.05) is 0 Å². The number of aryl methyl sites for hydroxylation is 3. The maximum atomic E-state index is 5.83. The monoisotopic (exact) mass is 304 g/mol. The summed E-state index contributed by atoms with van der Waals surface area (Å²) in [6, 6.07) is 12.6. The summed E-state index contributed by atoms with van der Waals surface area (Å²) in [6.45, 7) is 6.91. The lowest BCUT2D eigenvalue weighted by Gasteiger charge is -2.10. The molecule has 0 aliphatic heterocycles. The summed E-state index contributed by atoms with van der Waals surface area (Å²) in [4.78, 5) is 0. The second kappa shape index (κ2) is 5.57. The zero-order chi connectivity index (χ0) is 13.1. The highest BCUT2D eigenvalue weighted by molar-refractivity contribution is 9.10. The maximum Gasteiger partial charge on any atom is 0.134 e. The molecule has 2 heteroatoms. The Kier molecular flexibility index (Phi) is 4.07. The zero-order valence-corrected chi connectivity index (χ0v) is 12.5. The lowest BCUT2D eigenvalue weighted by Crippen LogP contribution is -1.97. The molecule has 18 heavy (non-hydrogen) atoms. The average molecular weight is 305 g/mol. The Balaban J connectivity index is 2.09. The van der Waals surface area contributed by atoms with Gasteiger partial charge in [-0.2, -0.15) is 0 Å². The van der Waals surface area contributed by atoms with Crippen molar-refractivity contribution in [2.45, 2.75) is 27.4 Å². The predicted molar refractivity (Wildman–Crippen MR) is 79.1 cm³/mol. The molecule has 0 bridgehead atoms. The average Bonchev–Trinajstić information content (AvgIpc) is 2.32. The van der Waals surface area contributed by atoms with Crippen molar-refractivity contribution in [3.05, 3.63) is 63.1 Å². The topological polar surface area (TPSA) is 9.23 Å². The Morgan fingerprint density at radius 2 is 1.72 bits per heavy atom. The van der Waals surface area contributed by atoms with Crippen molar-refractivity contribution >= 4 is 15.9 Å². The summed E-state index contributed by atoms with van der Waals surface area (Å²) in [5.41, 5.74) is 5.04. The van der Waals surface area contributed by atoms with E-state index in [0.717, 1.165) is 10.2 Å². The third kappa shape index (κ3) is 3.14. The standard InChI is InChI=1S/C16H17BrO/c1-11-4-7-16(15(17)8-11)18-10-14-6-5-12(2)13(3)9-14/h4-9H,10H2,1-3H3. The van der Waals surface area contributed by atoms with E-state index in [2.05, 4.69) is 67.0 Å². The van der Waals surface area contributed by atoms with E-state index >= 15 is 0 Å². The third-order valence-corrected chi connectivity index (χ3v) is 3.67. The van der Waals surface area contributed by atoms with Gasteiger partial charge in [-0.15, -0.1) is 0 Å². The van der Waals surface area contributed by atoms with Gasteiger partial charge in [-0.1, -0.05) is 24.3 Å². The second-order valence-corrected chi connectivity index (χ2v) is 5.50. The molecule has 2 rings (SSSR count). The molecule has 2 aromatic rings. The Bertz CT molecular complexity index is 561. The van der Waals surface area contributed by atoms with Crippen molar-refractivity contribution in [1.29, 1.82) is 0 Å². The van der Waals surface area contributed by atoms with Crippen molar-refractivity contribution in [1.82, 2.24) is 0 Å². The summed E-state index contributed by atoms with van der Waals surface area (Å²) in [7, 11) is 0. The van der Waals surface area contributed by atoms with Gasteiger partial charge < -0.3 is 4.74 Å². The molecule has 0 amide bonds. The number of hydrogen-bond donors (Lipinski definition) is 0. The highest BCUT2D eigenvalue weighted by Crippen LogP contribution is 2.26. The van der Waals surface area contributed by atoms with Crippen molar-refractivity contribution in [2.24, 2.45) is 0 Å². The highest BCUT2D eigenvalue weighted by Gasteiger charge is 2.02. The van der Waals surface area contributed by atoms with Crippen LogP contribution in [-0.2, 0) is 6.61 Å². The first-order valence-electron chi connectivity index (χ1n) is 6.01. The van der Waals surface area contributed by atoms with Gasteiger partial charge in [0.2, 0.25) is 0 Å². The minimum absolute atomic E-state index is 0.600. The van der Waals surface area contributed by atoms with Crippen LogP contribution in [0, 0.1) is 20.8 Å². The van der Waals surface area contributed by atoms with E-state index in [1.165, 1.54) is 22.3 Å². The van der Waals surface area contributed by atoms with E-state index in [1.54, 1.807) is 0 Å². The zero-order valence-electron chi connectivity index (χ0n) is 11.0. The number of halogens is 1. The van der Waals surface area contributed by atoms with E-state index in [9.17, 15) is 0 Å². The smallest absolute Gasteiger partial charge is 0.134 e. The van der Waals surface area contributed by atoms with E-state index in [0.29, 0.717) is 6.61 Å². The van der Waals surface area contributed by atoms with Gasteiger partial charge in [0.1, 0.15) is 12.4 Å². The predicted octanol–water partition coefficient (Wildman–Crippen LogP) is 4.95. The SMILES string of the molecule is Cc1ccc(OCc2ccc(C)c(C)c2)c(Br)c1. The molecule has 0 atom stereocenters. The van der Waals surface area contributed by atoms with Gasteiger partial charge in [-0.25, -0.2) is 0 Å². The number of ether oxygens (including phenoxy) is 1.